The number of likely N-dealkylation sites (tertiary alicyclic amines) is 1. The molecule has 1 fully saturated rings. The lowest BCUT2D eigenvalue weighted by atomic mass is 10.1. The van der Waals surface area contributed by atoms with Gasteiger partial charge in [-0.25, -0.2) is 0 Å². The fourth-order valence-corrected chi connectivity index (χ4v) is 2.37. The van der Waals surface area contributed by atoms with Crippen LogP contribution in [0.2, 0.25) is 0 Å². The van der Waals surface area contributed by atoms with Gasteiger partial charge in [0.2, 0.25) is 5.91 Å². The number of pyridine rings is 1. The monoisotopic (exact) mass is 233 g/mol. The van der Waals surface area contributed by atoms with Crippen molar-refractivity contribution in [2.24, 2.45) is 0 Å². The number of aromatic nitrogens is 1. The normalized spacial score (nSPS) is 19.6. The highest BCUT2D eigenvalue weighted by Gasteiger charge is 2.29. The van der Waals surface area contributed by atoms with Crippen LogP contribution >= 0.6 is 0 Å². The van der Waals surface area contributed by atoms with E-state index in [1.807, 2.05) is 24.1 Å². The molecule has 0 radical (unpaired) electrons. The number of nitrogens with one attached hydrogen (secondary N) is 1. The Hall–Kier alpha value is -1.42. The zero-order valence-electron chi connectivity index (χ0n) is 10.2. The van der Waals surface area contributed by atoms with E-state index in [-0.39, 0.29) is 11.9 Å². The SMILES string of the molecule is CNCCC(=O)N1CCCC1c1ccncc1. The lowest BCUT2D eigenvalue weighted by Crippen LogP contribution is -2.32. The van der Waals surface area contributed by atoms with Crippen LogP contribution in [0.1, 0.15) is 30.9 Å². The van der Waals surface area contributed by atoms with E-state index < -0.39 is 0 Å². The molecule has 4 heteroatoms. The zero-order chi connectivity index (χ0) is 12.1. The van der Waals surface area contributed by atoms with Crippen LogP contribution < -0.4 is 5.32 Å². The van der Waals surface area contributed by atoms with Crippen molar-refractivity contribution < 1.29 is 4.79 Å². The molecule has 1 N–H and O–H groups in total. The Kier molecular flexibility index (Phi) is 4.09. The highest BCUT2D eigenvalue weighted by Crippen LogP contribution is 2.31. The topological polar surface area (TPSA) is 45.2 Å². The van der Waals surface area contributed by atoms with E-state index in [2.05, 4.69) is 10.3 Å². The van der Waals surface area contributed by atoms with Crippen LogP contribution in [-0.4, -0.2) is 35.9 Å². The van der Waals surface area contributed by atoms with Gasteiger partial charge in [0, 0.05) is 31.9 Å². The van der Waals surface area contributed by atoms with Crippen molar-refractivity contribution in [3.05, 3.63) is 30.1 Å². The first-order chi connectivity index (χ1) is 8.33. The first-order valence-electron chi connectivity index (χ1n) is 6.17. The maximum Gasteiger partial charge on any atom is 0.224 e. The number of nitrogens with zero attached hydrogens (tertiary/aromatic N) is 2. The van der Waals surface area contributed by atoms with Gasteiger partial charge in [0.1, 0.15) is 0 Å². The molecule has 1 aliphatic heterocycles. The lowest BCUT2D eigenvalue weighted by molar-refractivity contribution is -0.132. The predicted octanol–water partition coefficient (Wildman–Crippen LogP) is 1.35. The molecule has 2 heterocycles. The molecule has 2 rings (SSSR count). The molecule has 1 aromatic heterocycles. The van der Waals surface area contributed by atoms with E-state index in [1.165, 1.54) is 5.56 Å². The largest absolute Gasteiger partial charge is 0.336 e. The zero-order valence-corrected chi connectivity index (χ0v) is 10.2. The highest BCUT2D eigenvalue weighted by atomic mass is 16.2. The van der Waals surface area contributed by atoms with Gasteiger partial charge in [-0.05, 0) is 37.6 Å². The smallest absolute Gasteiger partial charge is 0.224 e. The molecule has 17 heavy (non-hydrogen) atoms. The number of carbonyl (C=O) groups excluding carboxylic acids is 1. The van der Waals surface area contributed by atoms with Crippen LogP contribution in [0.5, 0.6) is 0 Å². The first-order valence-corrected chi connectivity index (χ1v) is 6.17. The minimum absolute atomic E-state index is 0.249. The molecular weight excluding hydrogens is 214 g/mol. The Bertz CT molecular complexity index is 366. The van der Waals surface area contributed by atoms with E-state index in [1.54, 1.807) is 12.4 Å². The summed E-state index contributed by atoms with van der Waals surface area (Å²) in [5.74, 6) is 0.249. The van der Waals surface area contributed by atoms with Gasteiger partial charge in [0.05, 0.1) is 6.04 Å². The van der Waals surface area contributed by atoms with E-state index >= 15 is 0 Å². The molecular formula is C13H19N3O. The molecule has 0 bridgehead atoms. The molecule has 1 amide bonds. The van der Waals surface area contributed by atoms with Gasteiger partial charge in [0.25, 0.3) is 0 Å². The van der Waals surface area contributed by atoms with Crippen LogP contribution in [0, 0.1) is 0 Å². The van der Waals surface area contributed by atoms with Gasteiger partial charge >= 0.3 is 0 Å². The molecule has 1 saturated heterocycles. The quantitative estimate of drug-likeness (QED) is 0.854. The van der Waals surface area contributed by atoms with Gasteiger partial charge in [-0.15, -0.1) is 0 Å². The molecule has 0 aromatic carbocycles. The van der Waals surface area contributed by atoms with Gasteiger partial charge in [0.15, 0.2) is 0 Å². The minimum atomic E-state index is 0.249. The van der Waals surface area contributed by atoms with Crippen LogP contribution in [0.3, 0.4) is 0 Å². The Morgan fingerprint density at radius 1 is 1.53 bits per heavy atom. The van der Waals surface area contributed by atoms with Crippen molar-refractivity contribution in [1.29, 1.82) is 0 Å². The van der Waals surface area contributed by atoms with E-state index in [4.69, 9.17) is 0 Å². The Morgan fingerprint density at radius 2 is 2.29 bits per heavy atom. The van der Waals surface area contributed by atoms with Gasteiger partial charge in [-0.2, -0.15) is 0 Å². The van der Waals surface area contributed by atoms with Crippen molar-refractivity contribution in [2.75, 3.05) is 20.1 Å². The summed E-state index contributed by atoms with van der Waals surface area (Å²) >= 11 is 0. The lowest BCUT2D eigenvalue weighted by Gasteiger charge is -2.25. The van der Waals surface area contributed by atoms with Crippen molar-refractivity contribution >= 4 is 5.91 Å². The third-order valence-electron chi connectivity index (χ3n) is 3.25. The standard InChI is InChI=1S/C13H19N3O/c1-14-7-6-13(17)16-10-2-3-12(16)11-4-8-15-9-5-11/h4-5,8-9,12,14H,2-3,6-7,10H2,1H3. The highest BCUT2D eigenvalue weighted by molar-refractivity contribution is 5.77. The molecule has 4 nitrogen and oxygen atoms in total. The fourth-order valence-electron chi connectivity index (χ4n) is 2.37. The van der Waals surface area contributed by atoms with Crippen LogP contribution in [0.4, 0.5) is 0 Å². The molecule has 92 valence electrons. The molecule has 1 aliphatic rings. The molecule has 0 spiro atoms. The average molecular weight is 233 g/mol. The Morgan fingerprint density at radius 3 is 3.00 bits per heavy atom. The molecule has 1 atom stereocenters. The molecule has 1 aromatic rings. The van der Waals surface area contributed by atoms with Gasteiger partial charge < -0.3 is 10.2 Å². The van der Waals surface area contributed by atoms with Gasteiger partial charge in [-0.3, -0.25) is 9.78 Å². The van der Waals surface area contributed by atoms with Crippen molar-refractivity contribution in [3.63, 3.8) is 0 Å². The summed E-state index contributed by atoms with van der Waals surface area (Å²) in [5.41, 5.74) is 1.20. The average Bonchev–Trinajstić information content (AvgIpc) is 2.86. The molecule has 0 saturated carbocycles. The summed E-state index contributed by atoms with van der Waals surface area (Å²) in [6, 6.07) is 4.27. The molecule has 1 unspecified atom stereocenters. The van der Waals surface area contributed by atoms with E-state index in [0.29, 0.717) is 6.42 Å². The minimum Gasteiger partial charge on any atom is -0.336 e. The number of rotatable bonds is 4. The number of hydrogen-bond acceptors (Lipinski definition) is 3. The van der Waals surface area contributed by atoms with E-state index in [9.17, 15) is 4.79 Å². The van der Waals surface area contributed by atoms with Gasteiger partial charge in [-0.1, -0.05) is 0 Å². The van der Waals surface area contributed by atoms with Crippen molar-refractivity contribution in [2.45, 2.75) is 25.3 Å². The second-order valence-corrected chi connectivity index (χ2v) is 4.38. The predicted molar refractivity (Wildman–Crippen MR) is 66.5 cm³/mol. The number of hydrogen-bond donors (Lipinski definition) is 1. The van der Waals surface area contributed by atoms with Crippen molar-refractivity contribution in [3.8, 4) is 0 Å². The van der Waals surface area contributed by atoms with Crippen LogP contribution in [-0.2, 0) is 4.79 Å². The van der Waals surface area contributed by atoms with Crippen LogP contribution in [0.25, 0.3) is 0 Å². The summed E-state index contributed by atoms with van der Waals surface area (Å²) < 4.78 is 0. The summed E-state index contributed by atoms with van der Waals surface area (Å²) in [7, 11) is 1.87. The third-order valence-corrected chi connectivity index (χ3v) is 3.25. The fraction of sp³-hybridized carbons (Fsp3) is 0.538. The Balaban J connectivity index is 2.05. The summed E-state index contributed by atoms with van der Waals surface area (Å²) in [6.45, 7) is 1.63. The second-order valence-electron chi connectivity index (χ2n) is 4.38. The van der Waals surface area contributed by atoms with E-state index in [0.717, 1.165) is 25.9 Å². The Labute approximate surface area is 102 Å². The number of carbonyl (C=O) groups is 1. The first kappa shape index (κ1) is 12.0. The summed E-state index contributed by atoms with van der Waals surface area (Å²) in [6.07, 6.45) is 6.33. The summed E-state index contributed by atoms with van der Waals surface area (Å²) in [4.78, 5) is 18.1. The third kappa shape index (κ3) is 2.82. The number of amides is 1. The van der Waals surface area contributed by atoms with Crippen LogP contribution in [0.15, 0.2) is 24.5 Å². The molecule has 0 aliphatic carbocycles. The second kappa shape index (κ2) is 5.77. The van der Waals surface area contributed by atoms with Crippen molar-refractivity contribution in [1.82, 2.24) is 15.2 Å². The summed E-state index contributed by atoms with van der Waals surface area (Å²) in [5, 5.41) is 3.02. The maximum absolute atomic E-state index is 12.1. The maximum atomic E-state index is 12.1.